The largest absolute Gasteiger partial charge is 0.409 e. The molecule has 108 valence electrons. The summed E-state index contributed by atoms with van der Waals surface area (Å²) >= 11 is 0. The van der Waals surface area contributed by atoms with E-state index in [9.17, 15) is 0 Å². The molecule has 0 spiro atoms. The van der Waals surface area contributed by atoms with Gasteiger partial charge in [-0.3, -0.25) is 0 Å². The first-order valence-corrected chi connectivity index (χ1v) is 6.72. The van der Waals surface area contributed by atoms with Gasteiger partial charge in [0.1, 0.15) is 5.82 Å². The van der Waals surface area contributed by atoms with Crippen LogP contribution in [-0.2, 0) is 20.0 Å². The van der Waals surface area contributed by atoms with Crippen LogP contribution in [0.1, 0.15) is 11.4 Å². The second-order valence-electron chi connectivity index (χ2n) is 4.97. The zero-order valence-corrected chi connectivity index (χ0v) is 11.8. The van der Waals surface area contributed by atoms with Gasteiger partial charge in [-0.1, -0.05) is 5.16 Å². The molecule has 0 aliphatic heterocycles. The fourth-order valence-corrected chi connectivity index (χ4v) is 2.47. The Morgan fingerprint density at radius 1 is 1.33 bits per heavy atom. The second kappa shape index (κ2) is 5.32. The molecule has 3 aromatic rings. The smallest absolute Gasteiger partial charge is 0.170 e. The van der Waals surface area contributed by atoms with Crippen molar-refractivity contribution in [3.05, 3.63) is 54.2 Å². The quantitative estimate of drug-likeness (QED) is 0.331. The van der Waals surface area contributed by atoms with Crippen LogP contribution in [0.25, 0.3) is 10.9 Å². The van der Waals surface area contributed by atoms with Crippen molar-refractivity contribution in [2.45, 2.75) is 13.0 Å². The van der Waals surface area contributed by atoms with Crippen molar-refractivity contribution in [3.8, 4) is 0 Å². The molecule has 2 aromatic heterocycles. The average Bonchev–Trinajstić information content (AvgIpc) is 3.09. The van der Waals surface area contributed by atoms with Gasteiger partial charge in [0.15, 0.2) is 5.84 Å². The molecule has 0 saturated carbocycles. The number of hydrogen-bond acceptors (Lipinski definition) is 3. The Labute approximate surface area is 122 Å². The van der Waals surface area contributed by atoms with Gasteiger partial charge in [0.2, 0.25) is 0 Å². The van der Waals surface area contributed by atoms with E-state index in [1.54, 1.807) is 0 Å². The van der Waals surface area contributed by atoms with E-state index in [1.165, 1.54) is 0 Å². The standard InChI is InChI=1S/C15H17N5O/c1-19-9-6-17-14(19)5-8-20-7-4-11-10-12(15(16)18-21)2-3-13(11)20/h2-4,6-7,9-10,21H,5,8H2,1H3,(H2,16,18). The van der Waals surface area contributed by atoms with E-state index in [1.807, 2.05) is 54.5 Å². The average molecular weight is 283 g/mol. The van der Waals surface area contributed by atoms with Crippen LogP contribution in [-0.4, -0.2) is 25.2 Å². The van der Waals surface area contributed by atoms with Crippen LogP contribution in [0.2, 0.25) is 0 Å². The third-order valence-electron chi connectivity index (χ3n) is 3.67. The molecule has 21 heavy (non-hydrogen) atoms. The molecule has 0 bridgehead atoms. The summed E-state index contributed by atoms with van der Waals surface area (Å²) in [6.45, 7) is 0.858. The van der Waals surface area contributed by atoms with Gasteiger partial charge < -0.3 is 20.1 Å². The molecule has 0 amide bonds. The lowest BCUT2D eigenvalue weighted by Crippen LogP contribution is -2.12. The highest BCUT2D eigenvalue weighted by Gasteiger charge is 2.06. The first-order valence-electron chi connectivity index (χ1n) is 6.72. The molecule has 0 unspecified atom stereocenters. The minimum Gasteiger partial charge on any atom is -0.409 e. The van der Waals surface area contributed by atoms with Crippen molar-refractivity contribution in [2.75, 3.05) is 0 Å². The van der Waals surface area contributed by atoms with Crippen LogP contribution in [0.15, 0.2) is 48.0 Å². The van der Waals surface area contributed by atoms with Crippen molar-refractivity contribution < 1.29 is 5.21 Å². The van der Waals surface area contributed by atoms with E-state index in [0.717, 1.165) is 29.7 Å². The van der Waals surface area contributed by atoms with E-state index in [2.05, 4.69) is 14.7 Å². The number of aryl methyl sites for hydroxylation is 3. The van der Waals surface area contributed by atoms with E-state index < -0.39 is 0 Å². The highest BCUT2D eigenvalue weighted by Crippen LogP contribution is 2.18. The molecule has 3 N–H and O–H groups in total. The summed E-state index contributed by atoms with van der Waals surface area (Å²) in [4.78, 5) is 4.33. The Kier molecular flexibility index (Phi) is 3.35. The van der Waals surface area contributed by atoms with Gasteiger partial charge >= 0.3 is 0 Å². The number of amidine groups is 1. The highest BCUT2D eigenvalue weighted by atomic mass is 16.4. The molecule has 6 nitrogen and oxygen atoms in total. The lowest BCUT2D eigenvalue weighted by atomic mass is 10.1. The molecule has 0 aliphatic carbocycles. The Balaban J connectivity index is 1.85. The van der Waals surface area contributed by atoms with Gasteiger partial charge in [-0.15, -0.1) is 0 Å². The zero-order chi connectivity index (χ0) is 14.8. The predicted molar refractivity (Wildman–Crippen MR) is 81.4 cm³/mol. The molecule has 2 heterocycles. The summed E-state index contributed by atoms with van der Waals surface area (Å²) in [6, 6.07) is 7.79. The first kappa shape index (κ1) is 13.2. The molecule has 0 saturated heterocycles. The van der Waals surface area contributed by atoms with E-state index in [0.29, 0.717) is 5.56 Å². The maximum Gasteiger partial charge on any atom is 0.170 e. The van der Waals surface area contributed by atoms with E-state index in [4.69, 9.17) is 10.9 Å². The first-order chi connectivity index (χ1) is 10.2. The summed E-state index contributed by atoms with van der Waals surface area (Å²) < 4.78 is 4.21. The fraction of sp³-hybridized carbons (Fsp3) is 0.200. The topological polar surface area (TPSA) is 81.4 Å². The fourth-order valence-electron chi connectivity index (χ4n) is 2.47. The van der Waals surface area contributed by atoms with Gasteiger partial charge in [-0.25, -0.2) is 4.98 Å². The normalized spacial score (nSPS) is 12.1. The Morgan fingerprint density at radius 2 is 2.19 bits per heavy atom. The number of hydrogen-bond donors (Lipinski definition) is 2. The molecule has 0 atom stereocenters. The monoisotopic (exact) mass is 283 g/mol. The number of nitrogens with two attached hydrogens (primary N) is 1. The third-order valence-corrected chi connectivity index (χ3v) is 3.67. The Hall–Kier alpha value is -2.76. The van der Waals surface area contributed by atoms with Gasteiger partial charge in [-0.2, -0.15) is 0 Å². The minimum absolute atomic E-state index is 0.123. The zero-order valence-electron chi connectivity index (χ0n) is 11.8. The van der Waals surface area contributed by atoms with Crippen molar-refractivity contribution in [2.24, 2.45) is 17.9 Å². The lowest BCUT2D eigenvalue weighted by molar-refractivity contribution is 0.318. The van der Waals surface area contributed by atoms with E-state index in [-0.39, 0.29) is 5.84 Å². The minimum atomic E-state index is 0.123. The van der Waals surface area contributed by atoms with Crippen molar-refractivity contribution in [1.82, 2.24) is 14.1 Å². The van der Waals surface area contributed by atoms with E-state index >= 15 is 0 Å². The summed E-state index contributed by atoms with van der Waals surface area (Å²) in [6.07, 6.45) is 6.68. The molecule has 0 radical (unpaired) electrons. The molecule has 0 fully saturated rings. The lowest BCUT2D eigenvalue weighted by Gasteiger charge is -2.06. The maximum absolute atomic E-state index is 8.73. The summed E-state index contributed by atoms with van der Waals surface area (Å²) in [5, 5.41) is 12.8. The number of aromatic nitrogens is 3. The van der Waals surface area contributed by atoms with Crippen LogP contribution in [0, 0.1) is 0 Å². The Bertz CT molecular complexity index is 799. The van der Waals surface area contributed by atoms with Gasteiger partial charge in [-0.05, 0) is 24.3 Å². The SMILES string of the molecule is Cn1ccnc1CCn1ccc2cc(/C(N)=N/O)ccc21. The number of oxime groups is 1. The molecular formula is C15H17N5O. The van der Waals surface area contributed by atoms with Gasteiger partial charge in [0.05, 0.1) is 0 Å². The number of imidazole rings is 1. The molecular weight excluding hydrogens is 266 g/mol. The van der Waals surface area contributed by atoms with Crippen molar-refractivity contribution >= 4 is 16.7 Å². The second-order valence-corrected chi connectivity index (χ2v) is 4.97. The van der Waals surface area contributed by atoms with Gasteiger partial charge in [0.25, 0.3) is 0 Å². The molecule has 3 rings (SSSR count). The number of benzene rings is 1. The van der Waals surface area contributed by atoms with Crippen LogP contribution < -0.4 is 5.73 Å². The van der Waals surface area contributed by atoms with Crippen LogP contribution in [0.3, 0.4) is 0 Å². The number of fused-ring (bicyclic) bond motifs is 1. The molecule has 6 heteroatoms. The predicted octanol–water partition coefficient (Wildman–Crippen LogP) is 1.71. The molecule has 0 aliphatic rings. The maximum atomic E-state index is 8.73. The van der Waals surface area contributed by atoms with Crippen molar-refractivity contribution in [1.29, 1.82) is 0 Å². The summed E-state index contributed by atoms with van der Waals surface area (Å²) in [7, 11) is 2.00. The van der Waals surface area contributed by atoms with Crippen molar-refractivity contribution in [3.63, 3.8) is 0 Å². The number of nitrogens with zero attached hydrogens (tertiary/aromatic N) is 4. The Morgan fingerprint density at radius 3 is 2.90 bits per heavy atom. The summed E-state index contributed by atoms with van der Waals surface area (Å²) in [5.41, 5.74) is 7.45. The van der Waals surface area contributed by atoms with Crippen LogP contribution >= 0.6 is 0 Å². The summed E-state index contributed by atoms with van der Waals surface area (Å²) in [5.74, 6) is 1.18. The van der Waals surface area contributed by atoms with Gasteiger partial charge in [0, 0.05) is 55.1 Å². The highest BCUT2D eigenvalue weighted by molar-refractivity contribution is 6.00. The third kappa shape index (κ3) is 2.47. The van der Waals surface area contributed by atoms with Crippen LogP contribution in [0.5, 0.6) is 0 Å². The van der Waals surface area contributed by atoms with Crippen LogP contribution in [0.4, 0.5) is 0 Å². The molecule has 1 aromatic carbocycles. The number of rotatable bonds is 4.